The van der Waals surface area contributed by atoms with Gasteiger partial charge in [0, 0.05) is 26.1 Å². The second-order valence-electron chi connectivity index (χ2n) is 4.51. The van der Waals surface area contributed by atoms with E-state index in [1.165, 1.54) is 12.8 Å². The van der Waals surface area contributed by atoms with Crippen LogP contribution in [0.2, 0.25) is 0 Å². The normalized spacial score (nSPS) is 31.5. The largest absolute Gasteiger partial charge is 0.392 e. The zero-order valence-electron chi connectivity index (χ0n) is 7.87. The van der Waals surface area contributed by atoms with Crippen LogP contribution >= 0.6 is 0 Å². The van der Waals surface area contributed by atoms with Crippen molar-refractivity contribution in [3.8, 4) is 6.07 Å². The average molecular weight is 180 g/mol. The summed E-state index contributed by atoms with van der Waals surface area (Å²) < 4.78 is 0. The molecule has 2 fully saturated rings. The molecule has 13 heavy (non-hydrogen) atoms. The minimum atomic E-state index is -0.127. The lowest BCUT2D eigenvalue weighted by molar-refractivity contribution is 0.168. The Kier molecular flexibility index (Phi) is 2.27. The van der Waals surface area contributed by atoms with Crippen LogP contribution in [-0.2, 0) is 0 Å². The number of hydrogen-bond donors (Lipinski definition) is 1. The van der Waals surface area contributed by atoms with E-state index in [2.05, 4.69) is 11.0 Å². The highest BCUT2D eigenvalue weighted by Crippen LogP contribution is 2.49. The monoisotopic (exact) mass is 180 g/mol. The van der Waals surface area contributed by atoms with Gasteiger partial charge in [-0.25, -0.2) is 0 Å². The first-order chi connectivity index (χ1) is 6.24. The van der Waals surface area contributed by atoms with Gasteiger partial charge in [-0.05, 0) is 24.7 Å². The van der Waals surface area contributed by atoms with Crippen molar-refractivity contribution in [2.75, 3.05) is 19.6 Å². The van der Waals surface area contributed by atoms with E-state index in [1.807, 2.05) is 0 Å². The van der Waals surface area contributed by atoms with E-state index in [0.29, 0.717) is 11.8 Å². The second-order valence-corrected chi connectivity index (χ2v) is 4.51. The fourth-order valence-corrected chi connectivity index (χ4v) is 2.17. The third-order valence-electron chi connectivity index (χ3n) is 3.22. The average Bonchev–Trinajstić information content (AvgIpc) is 2.70. The molecule has 2 rings (SSSR count). The summed E-state index contributed by atoms with van der Waals surface area (Å²) in [5.41, 5.74) is 0.304. The lowest BCUT2D eigenvalue weighted by Gasteiger charge is -2.20. The number of rotatable bonds is 3. The number of likely N-dealkylation sites (tertiary alicyclic amines) is 1. The van der Waals surface area contributed by atoms with E-state index in [-0.39, 0.29) is 6.10 Å². The van der Waals surface area contributed by atoms with Gasteiger partial charge in [0.05, 0.1) is 12.2 Å². The topological polar surface area (TPSA) is 47.3 Å². The Hall–Kier alpha value is -0.590. The van der Waals surface area contributed by atoms with Gasteiger partial charge in [-0.1, -0.05) is 0 Å². The van der Waals surface area contributed by atoms with Gasteiger partial charge in [-0.15, -0.1) is 0 Å². The van der Waals surface area contributed by atoms with Crippen molar-refractivity contribution >= 4 is 0 Å². The molecule has 72 valence electrons. The molecule has 1 aliphatic carbocycles. The van der Waals surface area contributed by atoms with E-state index < -0.39 is 0 Å². The van der Waals surface area contributed by atoms with Crippen LogP contribution in [0.25, 0.3) is 0 Å². The molecule has 0 bridgehead atoms. The molecule has 0 aromatic heterocycles. The summed E-state index contributed by atoms with van der Waals surface area (Å²) in [6.07, 6.45) is 3.88. The van der Waals surface area contributed by atoms with Gasteiger partial charge in [-0.2, -0.15) is 5.26 Å². The van der Waals surface area contributed by atoms with Gasteiger partial charge in [-0.3, -0.25) is 0 Å². The van der Waals surface area contributed by atoms with E-state index in [0.717, 1.165) is 26.1 Å². The summed E-state index contributed by atoms with van der Waals surface area (Å²) in [7, 11) is 0. The number of β-amino-alcohol motifs (C(OH)–C–C–N with tert-alkyl or cyclic N) is 1. The van der Waals surface area contributed by atoms with Crippen molar-refractivity contribution in [3.05, 3.63) is 0 Å². The van der Waals surface area contributed by atoms with E-state index in [1.54, 1.807) is 0 Å². The van der Waals surface area contributed by atoms with Crippen LogP contribution in [0.3, 0.4) is 0 Å². The van der Waals surface area contributed by atoms with Crippen molar-refractivity contribution < 1.29 is 5.11 Å². The SMILES string of the molecule is N#CCC1(CN2CC[C@@H](O)C2)CC1. The minimum absolute atomic E-state index is 0.127. The van der Waals surface area contributed by atoms with E-state index in [9.17, 15) is 5.11 Å². The Morgan fingerprint density at radius 2 is 2.31 bits per heavy atom. The van der Waals surface area contributed by atoms with Crippen LogP contribution in [0.4, 0.5) is 0 Å². The fourth-order valence-electron chi connectivity index (χ4n) is 2.17. The molecule has 0 aromatic carbocycles. The molecule has 1 saturated heterocycles. The maximum absolute atomic E-state index is 9.34. The van der Waals surface area contributed by atoms with Gasteiger partial charge in [0.25, 0.3) is 0 Å². The van der Waals surface area contributed by atoms with Gasteiger partial charge < -0.3 is 10.0 Å². The molecule has 1 N–H and O–H groups in total. The maximum atomic E-state index is 9.34. The summed E-state index contributed by atoms with van der Waals surface area (Å²) >= 11 is 0. The summed E-state index contributed by atoms with van der Waals surface area (Å²) in [6.45, 7) is 2.85. The predicted octanol–water partition coefficient (Wildman–Crippen LogP) is 0.747. The Labute approximate surface area is 79.0 Å². The van der Waals surface area contributed by atoms with Crippen LogP contribution in [0.5, 0.6) is 0 Å². The number of nitriles is 1. The molecule has 1 saturated carbocycles. The van der Waals surface area contributed by atoms with Gasteiger partial charge in [0.15, 0.2) is 0 Å². The number of aliphatic hydroxyl groups is 1. The molecule has 0 radical (unpaired) electrons. The van der Waals surface area contributed by atoms with Crippen molar-refractivity contribution in [2.24, 2.45) is 5.41 Å². The van der Waals surface area contributed by atoms with E-state index in [4.69, 9.17) is 5.26 Å². The van der Waals surface area contributed by atoms with Crippen LogP contribution in [0.1, 0.15) is 25.7 Å². The van der Waals surface area contributed by atoms with Crippen LogP contribution in [0, 0.1) is 16.7 Å². The van der Waals surface area contributed by atoms with Crippen molar-refractivity contribution in [2.45, 2.75) is 31.8 Å². The molecule has 0 spiro atoms. The molecule has 1 aliphatic heterocycles. The standard InChI is InChI=1S/C10H16N2O/c11-5-4-10(2-3-10)8-12-6-1-9(13)7-12/h9,13H,1-4,6-8H2/t9-/m1/s1. The Morgan fingerprint density at radius 3 is 2.77 bits per heavy atom. The molecule has 0 aromatic rings. The molecule has 1 atom stereocenters. The fraction of sp³-hybridized carbons (Fsp3) is 0.900. The highest BCUT2D eigenvalue weighted by molar-refractivity contribution is 5.01. The van der Waals surface area contributed by atoms with Crippen molar-refractivity contribution in [1.82, 2.24) is 4.90 Å². The molecule has 0 amide bonds. The molecule has 3 heteroatoms. The number of aliphatic hydroxyl groups excluding tert-OH is 1. The summed E-state index contributed by atoms with van der Waals surface area (Å²) in [5, 5.41) is 18.0. The third-order valence-corrected chi connectivity index (χ3v) is 3.22. The molecule has 2 aliphatic rings. The summed E-state index contributed by atoms with van der Waals surface area (Å²) in [5.74, 6) is 0. The molecule has 1 heterocycles. The maximum Gasteiger partial charge on any atom is 0.0679 e. The predicted molar refractivity (Wildman–Crippen MR) is 49.0 cm³/mol. The van der Waals surface area contributed by atoms with Crippen molar-refractivity contribution in [1.29, 1.82) is 5.26 Å². The van der Waals surface area contributed by atoms with Gasteiger partial charge in [0.2, 0.25) is 0 Å². The first-order valence-electron chi connectivity index (χ1n) is 5.01. The van der Waals surface area contributed by atoms with Crippen LogP contribution in [0.15, 0.2) is 0 Å². The lowest BCUT2D eigenvalue weighted by atomic mass is 10.0. The Balaban J connectivity index is 1.82. The number of nitrogens with zero attached hydrogens (tertiary/aromatic N) is 2. The third kappa shape index (κ3) is 2.01. The second kappa shape index (κ2) is 3.28. The lowest BCUT2D eigenvalue weighted by Crippen LogP contribution is -2.29. The molecule has 3 nitrogen and oxygen atoms in total. The number of hydrogen-bond acceptors (Lipinski definition) is 3. The summed E-state index contributed by atoms with van der Waals surface area (Å²) in [6, 6.07) is 2.27. The Bertz CT molecular complexity index is 230. The summed E-state index contributed by atoms with van der Waals surface area (Å²) in [4.78, 5) is 2.30. The zero-order chi connectivity index (χ0) is 9.31. The molecule has 0 unspecified atom stereocenters. The first-order valence-corrected chi connectivity index (χ1v) is 5.01. The zero-order valence-corrected chi connectivity index (χ0v) is 7.87. The highest BCUT2D eigenvalue weighted by Gasteiger charge is 2.44. The molecular formula is C10H16N2O. The first kappa shape index (κ1) is 8.98. The van der Waals surface area contributed by atoms with Crippen LogP contribution < -0.4 is 0 Å². The van der Waals surface area contributed by atoms with Crippen molar-refractivity contribution in [3.63, 3.8) is 0 Å². The van der Waals surface area contributed by atoms with Gasteiger partial charge in [0.1, 0.15) is 0 Å². The highest BCUT2D eigenvalue weighted by atomic mass is 16.3. The van der Waals surface area contributed by atoms with Gasteiger partial charge >= 0.3 is 0 Å². The van der Waals surface area contributed by atoms with E-state index >= 15 is 0 Å². The quantitative estimate of drug-likeness (QED) is 0.697. The van der Waals surface area contributed by atoms with Crippen LogP contribution in [-0.4, -0.2) is 35.7 Å². The smallest absolute Gasteiger partial charge is 0.0679 e. The minimum Gasteiger partial charge on any atom is -0.392 e. The molecular weight excluding hydrogens is 164 g/mol. The Morgan fingerprint density at radius 1 is 1.54 bits per heavy atom.